The molecule has 0 aromatic carbocycles. The van der Waals surface area contributed by atoms with Gasteiger partial charge in [0.2, 0.25) is 0 Å². The molecule has 2 rings (SSSR count). The molecule has 100 valence electrons. The van der Waals surface area contributed by atoms with Gasteiger partial charge in [-0.15, -0.1) is 0 Å². The van der Waals surface area contributed by atoms with E-state index < -0.39 is 0 Å². The van der Waals surface area contributed by atoms with Crippen LogP contribution in [-0.2, 0) is 0 Å². The summed E-state index contributed by atoms with van der Waals surface area (Å²) in [5.41, 5.74) is 0.390. The number of nitrogens with zero attached hydrogens (tertiary/aromatic N) is 1. The molecule has 0 unspecified atom stereocenters. The Labute approximate surface area is 111 Å². The topological polar surface area (TPSA) is 15.3 Å². The zero-order chi connectivity index (χ0) is 12.4. The van der Waals surface area contributed by atoms with Gasteiger partial charge in [-0.2, -0.15) is 11.8 Å². The summed E-state index contributed by atoms with van der Waals surface area (Å²) < 4.78 is 0.602. The fourth-order valence-corrected chi connectivity index (χ4v) is 4.31. The van der Waals surface area contributed by atoms with E-state index in [0.717, 1.165) is 0 Å². The molecule has 3 heteroatoms. The molecule has 1 saturated heterocycles. The first kappa shape index (κ1) is 13.7. The lowest BCUT2D eigenvalue weighted by molar-refractivity contribution is 0.101. The maximum absolute atomic E-state index is 3.75. The smallest absolute Gasteiger partial charge is 0.0304 e. The Bertz CT molecular complexity index is 239. The number of piperazine rings is 1. The summed E-state index contributed by atoms with van der Waals surface area (Å²) in [7, 11) is 0. The lowest BCUT2D eigenvalue weighted by atomic mass is 9.82. The van der Waals surface area contributed by atoms with E-state index in [0.29, 0.717) is 10.3 Å². The molecule has 17 heavy (non-hydrogen) atoms. The van der Waals surface area contributed by atoms with Crippen LogP contribution >= 0.6 is 11.8 Å². The van der Waals surface area contributed by atoms with Crippen molar-refractivity contribution in [3.63, 3.8) is 0 Å². The zero-order valence-corrected chi connectivity index (χ0v) is 12.5. The maximum atomic E-state index is 3.75. The van der Waals surface area contributed by atoms with Gasteiger partial charge in [-0.3, -0.25) is 4.90 Å². The van der Waals surface area contributed by atoms with Crippen LogP contribution in [-0.4, -0.2) is 47.6 Å². The molecule has 2 aliphatic rings. The predicted octanol–water partition coefficient (Wildman–Crippen LogP) is 2.74. The van der Waals surface area contributed by atoms with E-state index in [1.807, 2.05) is 0 Å². The van der Waals surface area contributed by atoms with Gasteiger partial charge in [-0.25, -0.2) is 0 Å². The first-order valence-electron chi connectivity index (χ1n) is 7.20. The van der Waals surface area contributed by atoms with Gasteiger partial charge >= 0.3 is 0 Å². The average molecular weight is 256 g/mol. The van der Waals surface area contributed by atoms with Crippen molar-refractivity contribution < 1.29 is 0 Å². The normalized spacial score (nSPS) is 27.7. The Morgan fingerprint density at radius 1 is 1.24 bits per heavy atom. The molecule has 1 aliphatic carbocycles. The van der Waals surface area contributed by atoms with Gasteiger partial charge in [0.25, 0.3) is 0 Å². The number of hydrogen-bond acceptors (Lipinski definition) is 3. The SMILES string of the molecule is CCC1(CC)CN(CC2(SC)CCC2)CCN1. The molecule has 0 amide bonds. The third-order valence-electron chi connectivity index (χ3n) is 5.02. The highest BCUT2D eigenvalue weighted by atomic mass is 32.2. The second kappa shape index (κ2) is 5.50. The van der Waals surface area contributed by atoms with Crippen molar-refractivity contribution in [3.05, 3.63) is 0 Å². The van der Waals surface area contributed by atoms with E-state index in [1.165, 1.54) is 58.3 Å². The molecule has 1 aliphatic heterocycles. The van der Waals surface area contributed by atoms with Gasteiger partial charge in [0, 0.05) is 36.5 Å². The molecular weight excluding hydrogens is 228 g/mol. The predicted molar refractivity (Wildman–Crippen MR) is 77.9 cm³/mol. The second-order valence-electron chi connectivity index (χ2n) is 5.87. The van der Waals surface area contributed by atoms with Crippen LogP contribution in [0.25, 0.3) is 0 Å². The van der Waals surface area contributed by atoms with Gasteiger partial charge in [0.05, 0.1) is 0 Å². The minimum atomic E-state index is 0.390. The Kier molecular flexibility index (Phi) is 4.43. The van der Waals surface area contributed by atoms with Crippen molar-refractivity contribution >= 4 is 11.8 Å². The molecular formula is C14H28N2S. The van der Waals surface area contributed by atoms with Crippen LogP contribution in [0.15, 0.2) is 0 Å². The summed E-state index contributed by atoms with van der Waals surface area (Å²) in [5, 5.41) is 3.75. The van der Waals surface area contributed by atoms with E-state index >= 15 is 0 Å². The molecule has 0 aromatic heterocycles. The molecule has 1 saturated carbocycles. The van der Waals surface area contributed by atoms with Gasteiger partial charge in [0.1, 0.15) is 0 Å². The quantitative estimate of drug-likeness (QED) is 0.814. The highest BCUT2D eigenvalue weighted by molar-refractivity contribution is 8.00. The monoisotopic (exact) mass is 256 g/mol. The van der Waals surface area contributed by atoms with Crippen LogP contribution in [0.3, 0.4) is 0 Å². The molecule has 1 N–H and O–H groups in total. The van der Waals surface area contributed by atoms with E-state index in [2.05, 4.69) is 42.1 Å². The molecule has 1 heterocycles. The zero-order valence-electron chi connectivity index (χ0n) is 11.7. The number of rotatable bonds is 5. The van der Waals surface area contributed by atoms with Crippen molar-refractivity contribution in [1.82, 2.24) is 10.2 Å². The van der Waals surface area contributed by atoms with Crippen molar-refractivity contribution in [1.29, 1.82) is 0 Å². The van der Waals surface area contributed by atoms with Crippen LogP contribution in [0.2, 0.25) is 0 Å². The second-order valence-corrected chi connectivity index (χ2v) is 7.14. The number of thioether (sulfide) groups is 1. The molecule has 2 fully saturated rings. The van der Waals surface area contributed by atoms with Crippen molar-refractivity contribution in [3.8, 4) is 0 Å². The summed E-state index contributed by atoms with van der Waals surface area (Å²) in [4.78, 5) is 2.72. The minimum absolute atomic E-state index is 0.390. The Morgan fingerprint density at radius 3 is 2.41 bits per heavy atom. The molecule has 2 nitrogen and oxygen atoms in total. The van der Waals surface area contributed by atoms with Crippen molar-refractivity contribution in [2.45, 2.75) is 56.2 Å². The lowest BCUT2D eigenvalue weighted by Crippen LogP contribution is -2.62. The van der Waals surface area contributed by atoms with Gasteiger partial charge < -0.3 is 5.32 Å². The highest BCUT2D eigenvalue weighted by Crippen LogP contribution is 2.43. The third-order valence-corrected chi connectivity index (χ3v) is 6.42. The Hall–Kier alpha value is 0.270. The van der Waals surface area contributed by atoms with Crippen molar-refractivity contribution in [2.24, 2.45) is 0 Å². The maximum Gasteiger partial charge on any atom is 0.0304 e. The Morgan fingerprint density at radius 2 is 1.94 bits per heavy atom. The molecule has 0 aromatic rings. The Balaban J connectivity index is 1.93. The summed E-state index contributed by atoms with van der Waals surface area (Å²) in [6, 6.07) is 0. The molecule has 0 bridgehead atoms. The van der Waals surface area contributed by atoms with E-state index in [9.17, 15) is 0 Å². The summed E-state index contributed by atoms with van der Waals surface area (Å²) in [6.45, 7) is 9.64. The van der Waals surface area contributed by atoms with E-state index in [1.54, 1.807) is 0 Å². The van der Waals surface area contributed by atoms with E-state index in [-0.39, 0.29) is 0 Å². The third kappa shape index (κ3) is 2.82. The lowest BCUT2D eigenvalue weighted by Gasteiger charge is -2.49. The van der Waals surface area contributed by atoms with Crippen LogP contribution in [0.4, 0.5) is 0 Å². The largest absolute Gasteiger partial charge is 0.309 e. The number of nitrogens with one attached hydrogen (secondary N) is 1. The highest BCUT2D eigenvalue weighted by Gasteiger charge is 2.40. The standard InChI is InChI=1S/C14H28N2S/c1-4-13(5-2)11-16(10-9-15-13)12-14(17-3)7-6-8-14/h15H,4-12H2,1-3H3. The van der Waals surface area contributed by atoms with Crippen LogP contribution in [0.5, 0.6) is 0 Å². The molecule has 0 spiro atoms. The van der Waals surface area contributed by atoms with Gasteiger partial charge in [-0.1, -0.05) is 20.3 Å². The summed E-state index contributed by atoms with van der Waals surface area (Å²) >= 11 is 2.11. The first-order valence-corrected chi connectivity index (χ1v) is 8.42. The first-order chi connectivity index (χ1) is 8.17. The van der Waals surface area contributed by atoms with Crippen molar-refractivity contribution in [2.75, 3.05) is 32.4 Å². The van der Waals surface area contributed by atoms with E-state index in [4.69, 9.17) is 0 Å². The van der Waals surface area contributed by atoms with Crippen LogP contribution < -0.4 is 5.32 Å². The minimum Gasteiger partial charge on any atom is -0.309 e. The molecule has 0 radical (unpaired) electrons. The summed E-state index contributed by atoms with van der Waals surface area (Å²) in [6.07, 6.45) is 9.12. The molecule has 0 atom stereocenters. The fraction of sp³-hybridized carbons (Fsp3) is 1.00. The fourth-order valence-electron chi connectivity index (χ4n) is 3.31. The average Bonchev–Trinajstić information content (AvgIpc) is 2.34. The summed E-state index contributed by atoms with van der Waals surface area (Å²) in [5.74, 6) is 0. The van der Waals surface area contributed by atoms with Gasteiger partial charge in [0.15, 0.2) is 0 Å². The van der Waals surface area contributed by atoms with Crippen LogP contribution in [0, 0.1) is 0 Å². The number of hydrogen-bond donors (Lipinski definition) is 1. The van der Waals surface area contributed by atoms with Gasteiger partial charge in [-0.05, 0) is 31.9 Å². The van der Waals surface area contributed by atoms with Crippen LogP contribution in [0.1, 0.15) is 46.0 Å².